The number of hydrogen-bond acceptors (Lipinski definition) is 3. The summed E-state index contributed by atoms with van der Waals surface area (Å²) in [7, 11) is 0. The minimum atomic E-state index is 0.158. The number of halogens is 1. The first-order valence-electron chi connectivity index (χ1n) is 10.5. The van der Waals surface area contributed by atoms with Gasteiger partial charge in [-0.3, -0.25) is 5.01 Å². The SMILES string of the molecule is CCCOc1ccc(C2CC(c3ccc(Br)cc3)=NN2c2ccc(C)c(C)c2)cc1. The third kappa shape index (κ3) is 4.44. The van der Waals surface area contributed by atoms with Crippen molar-refractivity contribution in [1.82, 2.24) is 0 Å². The minimum absolute atomic E-state index is 0.158. The smallest absolute Gasteiger partial charge is 0.119 e. The number of nitrogens with zero attached hydrogens (tertiary/aromatic N) is 2. The van der Waals surface area contributed by atoms with E-state index < -0.39 is 0 Å². The largest absolute Gasteiger partial charge is 0.494 e. The summed E-state index contributed by atoms with van der Waals surface area (Å²) in [6.45, 7) is 7.17. The molecule has 1 heterocycles. The Kier molecular flexibility index (Phi) is 6.24. The highest BCUT2D eigenvalue weighted by molar-refractivity contribution is 9.10. The molecule has 154 valence electrons. The molecule has 1 unspecified atom stereocenters. The Hall–Kier alpha value is -2.59. The molecule has 3 aromatic carbocycles. The number of hydrazone groups is 1. The summed E-state index contributed by atoms with van der Waals surface area (Å²) in [6, 6.07) is 23.6. The second-order valence-electron chi connectivity index (χ2n) is 7.80. The van der Waals surface area contributed by atoms with Gasteiger partial charge in [0.2, 0.25) is 0 Å². The molecule has 3 aromatic rings. The highest BCUT2D eigenvalue weighted by atomic mass is 79.9. The standard InChI is InChI=1S/C26H27BrN2O/c1-4-15-30-24-13-8-21(9-14-24)26-17-25(20-6-10-22(27)11-7-20)28-29(26)23-12-5-18(2)19(3)16-23/h5-14,16,26H,4,15,17H2,1-3H3. The van der Waals surface area contributed by atoms with Gasteiger partial charge in [-0.25, -0.2) is 0 Å². The molecule has 4 heteroatoms. The van der Waals surface area contributed by atoms with E-state index in [0.717, 1.165) is 46.6 Å². The molecular formula is C26H27BrN2O. The summed E-state index contributed by atoms with van der Waals surface area (Å²) in [4.78, 5) is 0. The molecular weight excluding hydrogens is 436 g/mol. The third-order valence-corrected chi connectivity index (χ3v) is 6.11. The molecule has 1 aliphatic heterocycles. The normalized spacial score (nSPS) is 15.9. The van der Waals surface area contributed by atoms with Gasteiger partial charge in [0, 0.05) is 10.9 Å². The van der Waals surface area contributed by atoms with Gasteiger partial charge < -0.3 is 4.74 Å². The fraction of sp³-hybridized carbons (Fsp3) is 0.269. The first-order valence-corrected chi connectivity index (χ1v) is 11.3. The Bertz CT molecular complexity index is 1040. The quantitative estimate of drug-likeness (QED) is 0.386. The zero-order chi connectivity index (χ0) is 21.1. The maximum absolute atomic E-state index is 5.77. The van der Waals surface area contributed by atoms with Crippen LogP contribution in [0.15, 0.2) is 76.3 Å². The molecule has 0 amide bonds. The Morgan fingerprint density at radius 3 is 2.37 bits per heavy atom. The fourth-order valence-electron chi connectivity index (χ4n) is 3.70. The van der Waals surface area contributed by atoms with Crippen LogP contribution in [0.4, 0.5) is 5.69 Å². The van der Waals surface area contributed by atoms with Crippen LogP contribution in [0.1, 0.15) is 48.1 Å². The van der Waals surface area contributed by atoms with Crippen LogP contribution in [0.5, 0.6) is 5.75 Å². The average molecular weight is 463 g/mol. The number of anilines is 1. The van der Waals surface area contributed by atoms with Crippen LogP contribution in [-0.4, -0.2) is 12.3 Å². The number of ether oxygens (including phenoxy) is 1. The number of aryl methyl sites for hydroxylation is 2. The zero-order valence-corrected chi connectivity index (χ0v) is 19.3. The van der Waals surface area contributed by atoms with Gasteiger partial charge in [0.25, 0.3) is 0 Å². The molecule has 0 aliphatic carbocycles. The Morgan fingerprint density at radius 2 is 1.70 bits per heavy atom. The molecule has 0 saturated carbocycles. The van der Waals surface area contributed by atoms with E-state index in [0.29, 0.717) is 0 Å². The van der Waals surface area contributed by atoms with Crippen molar-refractivity contribution in [2.45, 2.75) is 39.7 Å². The van der Waals surface area contributed by atoms with Gasteiger partial charge in [-0.05, 0) is 78.9 Å². The van der Waals surface area contributed by atoms with E-state index in [4.69, 9.17) is 9.84 Å². The lowest BCUT2D eigenvalue weighted by molar-refractivity contribution is 0.317. The lowest BCUT2D eigenvalue weighted by atomic mass is 9.98. The van der Waals surface area contributed by atoms with Gasteiger partial charge >= 0.3 is 0 Å². The molecule has 1 aliphatic rings. The molecule has 0 aromatic heterocycles. The van der Waals surface area contributed by atoms with Gasteiger partial charge in [0.15, 0.2) is 0 Å². The molecule has 3 nitrogen and oxygen atoms in total. The highest BCUT2D eigenvalue weighted by Crippen LogP contribution is 2.38. The molecule has 0 radical (unpaired) electrons. The lowest BCUT2D eigenvalue weighted by Gasteiger charge is -2.25. The molecule has 0 spiro atoms. The Labute approximate surface area is 187 Å². The third-order valence-electron chi connectivity index (χ3n) is 5.58. The van der Waals surface area contributed by atoms with Crippen molar-refractivity contribution in [2.24, 2.45) is 5.10 Å². The average Bonchev–Trinajstić information content (AvgIpc) is 3.20. The first-order chi connectivity index (χ1) is 14.5. The summed E-state index contributed by atoms with van der Waals surface area (Å²) in [5.74, 6) is 0.922. The van der Waals surface area contributed by atoms with Crippen molar-refractivity contribution >= 4 is 27.3 Å². The predicted molar refractivity (Wildman–Crippen MR) is 129 cm³/mol. The Morgan fingerprint density at radius 1 is 0.967 bits per heavy atom. The predicted octanol–water partition coefficient (Wildman–Crippen LogP) is 7.21. The van der Waals surface area contributed by atoms with Gasteiger partial charge in [-0.2, -0.15) is 5.10 Å². The van der Waals surface area contributed by atoms with E-state index in [1.165, 1.54) is 16.7 Å². The van der Waals surface area contributed by atoms with Gasteiger partial charge in [0.1, 0.15) is 5.75 Å². The molecule has 30 heavy (non-hydrogen) atoms. The monoisotopic (exact) mass is 462 g/mol. The van der Waals surface area contributed by atoms with E-state index in [2.05, 4.69) is 108 Å². The number of benzene rings is 3. The van der Waals surface area contributed by atoms with Crippen molar-refractivity contribution in [3.63, 3.8) is 0 Å². The second kappa shape index (κ2) is 9.05. The van der Waals surface area contributed by atoms with E-state index in [1.54, 1.807) is 0 Å². The summed E-state index contributed by atoms with van der Waals surface area (Å²) in [5.41, 5.74) is 7.22. The summed E-state index contributed by atoms with van der Waals surface area (Å²) < 4.78 is 6.85. The highest BCUT2D eigenvalue weighted by Gasteiger charge is 2.30. The van der Waals surface area contributed by atoms with Crippen molar-refractivity contribution in [3.8, 4) is 5.75 Å². The van der Waals surface area contributed by atoms with Crippen molar-refractivity contribution in [3.05, 3.63) is 93.5 Å². The lowest BCUT2D eigenvalue weighted by Crippen LogP contribution is -2.18. The Balaban J connectivity index is 1.68. The maximum Gasteiger partial charge on any atom is 0.119 e. The van der Waals surface area contributed by atoms with Crippen LogP contribution in [0.3, 0.4) is 0 Å². The van der Waals surface area contributed by atoms with Crippen LogP contribution in [-0.2, 0) is 0 Å². The maximum atomic E-state index is 5.77. The minimum Gasteiger partial charge on any atom is -0.494 e. The topological polar surface area (TPSA) is 24.8 Å². The van der Waals surface area contributed by atoms with Crippen LogP contribution < -0.4 is 9.75 Å². The summed E-state index contributed by atoms with van der Waals surface area (Å²) >= 11 is 3.53. The van der Waals surface area contributed by atoms with E-state index in [-0.39, 0.29) is 6.04 Å². The fourth-order valence-corrected chi connectivity index (χ4v) is 3.96. The number of rotatable bonds is 6. The molecule has 0 saturated heterocycles. The van der Waals surface area contributed by atoms with Crippen LogP contribution in [0.2, 0.25) is 0 Å². The van der Waals surface area contributed by atoms with Gasteiger partial charge in [-0.15, -0.1) is 0 Å². The molecule has 0 bridgehead atoms. The van der Waals surface area contributed by atoms with E-state index in [9.17, 15) is 0 Å². The van der Waals surface area contributed by atoms with Crippen LogP contribution in [0, 0.1) is 13.8 Å². The number of hydrogen-bond donors (Lipinski definition) is 0. The van der Waals surface area contributed by atoms with E-state index >= 15 is 0 Å². The van der Waals surface area contributed by atoms with E-state index in [1.807, 2.05) is 0 Å². The van der Waals surface area contributed by atoms with Crippen LogP contribution >= 0.6 is 15.9 Å². The van der Waals surface area contributed by atoms with Crippen molar-refractivity contribution < 1.29 is 4.74 Å². The van der Waals surface area contributed by atoms with Gasteiger partial charge in [0.05, 0.1) is 24.0 Å². The zero-order valence-electron chi connectivity index (χ0n) is 17.7. The van der Waals surface area contributed by atoms with Crippen LogP contribution in [0.25, 0.3) is 0 Å². The van der Waals surface area contributed by atoms with Crippen molar-refractivity contribution in [2.75, 3.05) is 11.6 Å². The molecule has 1 atom stereocenters. The summed E-state index contributed by atoms with van der Waals surface area (Å²) in [5, 5.41) is 7.23. The second-order valence-corrected chi connectivity index (χ2v) is 8.72. The summed E-state index contributed by atoms with van der Waals surface area (Å²) in [6.07, 6.45) is 1.87. The van der Waals surface area contributed by atoms with Gasteiger partial charge in [-0.1, -0.05) is 53.2 Å². The molecule has 0 N–H and O–H groups in total. The molecule has 0 fully saturated rings. The molecule has 4 rings (SSSR count). The van der Waals surface area contributed by atoms with Crippen molar-refractivity contribution in [1.29, 1.82) is 0 Å². The first kappa shape index (κ1) is 20.7.